The van der Waals surface area contributed by atoms with Crippen LogP contribution in [0.2, 0.25) is 15.1 Å². The molecular weight excluding hydrogens is 433 g/mol. The van der Waals surface area contributed by atoms with Gasteiger partial charge in [0.1, 0.15) is 0 Å². The minimum atomic E-state index is -3.63. The summed E-state index contributed by atoms with van der Waals surface area (Å²) in [6, 6.07) is 8.32. The number of anilines is 1. The lowest BCUT2D eigenvalue weighted by atomic mass is 10.2. The van der Waals surface area contributed by atoms with Gasteiger partial charge in [-0.15, -0.1) is 0 Å². The number of hydrogen-bond acceptors (Lipinski definition) is 4. The van der Waals surface area contributed by atoms with E-state index in [2.05, 4.69) is 15.6 Å². The van der Waals surface area contributed by atoms with Gasteiger partial charge in [0.25, 0.3) is 5.91 Å². The van der Waals surface area contributed by atoms with Crippen molar-refractivity contribution < 1.29 is 13.2 Å². The fraction of sp³-hybridized carbons (Fsp3) is 0.235. The second-order valence-corrected chi connectivity index (χ2v) is 8.74. The van der Waals surface area contributed by atoms with E-state index in [-0.39, 0.29) is 26.5 Å². The first-order valence-corrected chi connectivity index (χ1v) is 10.6. The smallest absolute Gasteiger partial charge is 0.269 e. The first kappa shape index (κ1) is 21.8. The van der Waals surface area contributed by atoms with Gasteiger partial charge < -0.3 is 0 Å². The largest absolute Gasteiger partial charge is 0.295 e. The Bertz CT molecular complexity index is 911. The number of halogens is 3. The topological polar surface area (TPSA) is 87.3 Å². The molecule has 6 nitrogen and oxygen atoms in total. The third-order valence-corrected chi connectivity index (χ3v) is 6.12. The molecule has 27 heavy (non-hydrogen) atoms. The molecule has 1 amide bonds. The van der Waals surface area contributed by atoms with E-state index in [0.717, 1.165) is 0 Å². The number of carbonyl (C=O) groups excluding carboxylic acids is 1. The predicted octanol–water partition coefficient (Wildman–Crippen LogP) is 4.48. The van der Waals surface area contributed by atoms with E-state index in [1.165, 1.54) is 36.4 Å². The van der Waals surface area contributed by atoms with Gasteiger partial charge in [-0.2, -0.15) is 0 Å². The van der Waals surface area contributed by atoms with E-state index in [1.807, 2.05) is 6.92 Å². The van der Waals surface area contributed by atoms with Crippen molar-refractivity contribution in [2.45, 2.75) is 31.2 Å². The molecule has 0 saturated heterocycles. The summed E-state index contributed by atoms with van der Waals surface area (Å²) in [5, 5.41) is 0.848. The van der Waals surface area contributed by atoms with Crippen molar-refractivity contribution in [1.29, 1.82) is 0 Å². The molecule has 1 unspecified atom stereocenters. The molecule has 0 fully saturated rings. The zero-order chi connectivity index (χ0) is 20.2. The SMILES string of the molecule is CCC(C)NS(=O)(=O)c1ccc(C(=O)NNc2c(Cl)cc(Cl)cc2Cl)cc1. The van der Waals surface area contributed by atoms with Gasteiger partial charge >= 0.3 is 0 Å². The molecule has 2 aromatic carbocycles. The molecule has 0 aliphatic heterocycles. The molecule has 0 saturated carbocycles. The molecule has 0 aromatic heterocycles. The molecule has 146 valence electrons. The Morgan fingerprint density at radius 1 is 1.07 bits per heavy atom. The zero-order valence-electron chi connectivity index (χ0n) is 14.5. The van der Waals surface area contributed by atoms with Crippen LogP contribution in [0.3, 0.4) is 0 Å². The van der Waals surface area contributed by atoms with Crippen molar-refractivity contribution in [3.8, 4) is 0 Å². The van der Waals surface area contributed by atoms with Crippen LogP contribution in [0.5, 0.6) is 0 Å². The first-order valence-electron chi connectivity index (χ1n) is 7.97. The average molecular weight is 451 g/mol. The number of benzene rings is 2. The van der Waals surface area contributed by atoms with Crippen molar-refractivity contribution in [1.82, 2.24) is 10.1 Å². The Morgan fingerprint density at radius 3 is 2.15 bits per heavy atom. The summed E-state index contributed by atoms with van der Waals surface area (Å²) < 4.78 is 27.0. The molecule has 10 heteroatoms. The lowest BCUT2D eigenvalue weighted by molar-refractivity contribution is 0.0962. The van der Waals surface area contributed by atoms with E-state index >= 15 is 0 Å². The molecule has 0 heterocycles. The monoisotopic (exact) mass is 449 g/mol. The van der Waals surface area contributed by atoms with Crippen molar-refractivity contribution in [2.24, 2.45) is 0 Å². The van der Waals surface area contributed by atoms with Gasteiger partial charge in [0, 0.05) is 16.6 Å². The maximum atomic E-state index is 12.2. The minimum Gasteiger partial charge on any atom is -0.295 e. The van der Waals surface area contributed by atoms with Gasteiger partial charge in [0.05, 0.1) is 20.6 Å². The average Bonchev–Trinajstić information content (AvgIpc) is 2.60. The summed E-state index contributed by atoms with van der Waals surface area (Å²) in [5.74, 6) is -0.490. The summed E-state index contributed by atoms with van der Waals surface area (Å²) in [7, 11) is -3.63. The quantitative estimate of drug-likeness (QED) is 0.543. The van der Waals surface area contributed by atoms with Crippen LogP contribution in [0.1, 0.15) is 30.6 Å². The van der Waals surface area contributed by atoms with E-state index in [9.17, 15) is 13.2 Å². The van der Waals surface area contributed by atoms with Crippen LogP contribution >= 0.6 is 34.8 Å². The molecule has 2 aromatic rings. The normalized spacial score (nSPS) is 12.5. The highest BCUT2D eigenvalue weighted by atomic mass is 35.5. The van der Waals surface area contributed by atoms with Gasteiger partial charge in [0.15, 0.2) is 0 Å². The summed E-state index contributed by atoms with van der Waals surface area (Å²) in [5.41, 5.74) is 5.64. The van der Waals surface area contributed by atoms with Crippen molar-refractivity contribution in [3.05, 3.63) is 57.0 Å². The minimum absolute atomic E-state index is 0.0797. The second-order valence-electron chi connectivity index (χ2n) is 5.78. The number of amides is 1. The number of hydrazine groups is 1. The molecular formula is C17H18Cl3N3O3S. The maximum Gasteiger partial charge on any atom is 0.269 e. The van der Waals surface area contributed by atoms with E-state index in [0.29, 0.717) is 17.1 Å². The fourth-order valence-electron chi connectivity index (χ4n) is 2.05. The van der Waals surface area contributed by atoms with Gasteiger partial charge in [-0.25, -0.2) is 13.1 Å². The predicted molar refractivity (Wildman–Crippen MR) is 109 cm³/mol. The maximum absolute atomic E-state index is 12.2. The summed E-state index contributed by atoms with van der Waals surface area (Å²) >= 11 is 17.9. The van der Waals surface area contributed by atoms with Crippen molar-refractivity contribution >= 4 is 56.4 Å². The van der Waals surface area contributed by atoms with Crippen LogP contribution in [-0.2, 0) is 10.0 Å². The third-order valence-electron chi connectivity index (χ3n) is 3.70. The highest BCUT2D eigenvalue weighted by Crippen LogP contribution is 2.33. The van der Waals surface area contributed by atoms with E-state index < -0.39 is 15.9 Å². The molecule has 3 N–H and O–H groups in total. The Labute approximate surface area is 173 Å². The molecule has 0 radical (unpaired) electrons. The van der Waals surface area contributed by atoms with Crippen LogP contribution in [0.25, 0.3) is 0 Å². The standard InChI is InChI=1S/C17H18Cl3N3O3S/c1-3-10(2)23-27(25,26)13-6-4-11(5-7-13)17(24)22-21-16-14(19)8-12(18)9-15(16)20/h4-10,21,23H,3H2,1-2H3,(H,22,24). The Balaban J connectivity index is 2.08. The van der Waals surface area contributed by atoms with Gasteiger partial charge in [-0.1, -0.05) is 41.7 Å². The molecule has 0 aliphatic carbocycles. The molecule has 0 bridgehead atoms. The molecule has 0 spiro atoms. The van der Waals surface area contributed by atoms with E-state index in [1.54, 1.807) is 6.92 Å². The highest BCUT2D eigenvalue weighted by Gasteiger charge is 2.17. The fourth-order valence-corrected chi connectivity index (χ4v) is 4.29. The van der Waals surface area contributed by atoms with E-state index in [4.69, 9.17) is 34.8 Å². The summed E-state index contributed by atoms with van der Waals surface area (Å²) in [6.07, 6.45) is 0.668. The summed E-state index contributed by atoms with van der Waals surface area (Å²) in [6.45, 7) is 3.66. The van der Waals surface area contributed by atoms with Gasteiger partial charge in [-0.3, -0.25) is 15.6 Å². The lowest BCUT2D eigenvalue weighted by Crippen LogP contribution is -2.32. The van der Waals surface area contributed by atoms with Crippen LogP contribution in [0, 0.1) is 0 Å². The number of hydrogen-bond donors (Lipinski definition) is 3. The lowest BCUT2D eigenvalue weighted by Gasteiger charge is -2.13. The molecule has 1 atom stereocenters. The Morgan fingerprint density at radius 2 is 1.63 bits per heavy atom. The Kier molecular flexibility index (Phi) is 7.36. The number of nitrogens with one attached hydrogen (secondary N) is 3. The number of rotatable bonds is 7. The van der Waals surface area contributed by atoms with Crippen LogP contribution < -0.4 is 15.6 Å². The number of carbonyl (C=O) groups is 1. The third kappa shape index (κ3) is 5.73. The van der Waals surface area contributed by atoms with Crippen LogP contribution in [0.15, 0.2) is 41.3 Å². The summed E-state index contributed by atoms with van der Waals surface area (Å²) in [4.78, 5) is 12.3. The molecule has 2 rings (SSSR count). The molecule has 0 aliphatic rings. The van der Waals surface area contributed by atoms with Gasteiger partial charge in [0.2, 0.25) is 10.0 Å². The number of sulfonamides is 1. The zero-order valence-corrected chi connectivity index (χ0v) is 17.6. The second kappa shape index (κ2) is 9.12. The highest BCUT2D eigenvalue weighted by molar-refractivity contribution is 7.89. The van der Waals surface area contributed by atoms with Crippen molar-refractivity contribution in [3.63, 3.8) is 0 Å². The van der Waals surface area contributed by atoms with Gasteiger partial charge in [-0.05, 0) is 49.7 Å². The van der Waals surface area contributed by atoms with Crippen molar-refractivity contribution in [2.75, 3.05) is 5.43 Å². The van der Waals surface area contributed by atoms with Crippen LogP contribution in [-0.4, -0.2) is 20.4 Å². The van der Waals surface area contributed by atoms with Crippen LogP contribution in [0.4, 0.5) is 5.69 Å². The Hall–Kier alpha value is -1.51. The first-order chi connectivity index (χ1) is 12.6.